The van der Waals surface area contributed by atoms with Crippen LogP contribution in [-0.4, -0.2) is 12.1 Å². The van der Waals surface area contributed by atoms with Crippen molar-refractivity contribution in [2.75, 3.05) is 7.11 Å². The molecule has 3 aromatic carbocycles. The summed E-state index contributed by atoms with van der Waals surface area (Å²) >= 11 is 0. The second-order valence-corrected chi connectivity index (χ2v) is 8.22. The molecule has 1 heterocycles. The number of aromatic nitrogens is 1. The molecule has 1 aliphatic carbocycles. The molecule has 0 bridgehead atoms. The molecule has 1 aliphatic rings. The van der Waals surface area contributed by atoms with Crippen LogP contribution in [0.4, 0.5) is 0 Å². The van der Waals surface area contributed by atoms with Gasteiger partial charge in [-0.15, -0.1) is 0 Å². The van der Waals surface area contributed by atoms with Crippen LogP contribution in [0.5, 0.6) is 5.75 Å². The number of methoxy groups -OCH3 is 1. The third kappa shape index (κ3) is 4.24. The molecule has 32 heavy (non-hydrogen) atoms. The van der Waals surface area contributed by atoms with E-state index >= 15 is 0 Å². The van der Waals surface area contributed by atoms with Crippen LogP contribution in [0.1, 0.15) is 37.1 Å². The van der Waals surface area contributed by atoms with Crippen molar-refractivity contribution in [1.29, 1.82) is 0 Å². The minimum atomic E-state index is 0.735. The summed E-state index contributed by atoms with van der Waals surface area (Å²) in [5.74, 6) is 2.51. The van der Waals surface area contributed by atoms with Gasteiger partial charge in [0.05, 0.1) is 7.11 Å². The number of allylic oxidation sites excluding steroid dienone is 2. The van der Waals surface area contributed by atoms with Crippen molar-refractivity contribution in [2.45, 2.75) is 32.1 Å². The third-order valence-corrected chi connectivity index (χ3v) is 6.12. The lowest BCUT2D eigenvalue weighted by Gasteiger charge is -2.20. The maximum Gasteiger partial charge on any atom is 0.199 e. The molecule has 0 saturated carbocycles. The van der Waals surface area contributed by atoms with E-state index < -0.39 is 0 Å². The van der Waals surface area contributed by atoms with E-state index in [1.165, 1.54) is 29.6 Å². The van der Waals surface area contributed by atoms with Gasteiger partial charge in [-0.3, -0.25) is 0 Å². The quantitative estimate of drug-likeness (QED) is 0.322. The fourth-order valence-corrected chi connectivity index (χ4v) is 4.52. The molecule has 0 saturated heterocycles. The summed E-state index contributed by atoms with van der Waals surface area (Å²) in [7, 11) is 1.72. The monoisotopic (exact) mass is 421 g/mol. The molecule has 0 aliphatic heterocycles. The molecular weight excluding hydrogens is 394 g/mol. The number of ether oxygens (including phenoxy) is 1. The summed E-state index contributed by atoms with van der Waals surface area (Å²) in [4.78, 5) is 4.99. The smallest absolute Gasteiger partial charge is 0.199 e. The van der Waals surface area contributed by atoms with Gasteiger partial charge in [0.15, 0.2) is 11.7 Å². The molecular formula is C29H27NO2. The highest BCUT2D eigenvalue weighted by molar-refractivity contribution is 5.77. The van der Waals surface area contributed by atoms with Gasteiger partial charge in [-0.25, -0.2) is 4.98 Å². The van der Waals surface area contributed by atoms with Gasteiger partial charge in [-0.05, 0) is 49.0 Å². The molecule has 0 spiro atoms. The maximum absolute atomic E-state index is 6.42. The second-order valence-electron chi connectivity index (χ2n) is 8.22. The molecule has 3 nitrogen and oxygen atoms in total. The largest absolute Gasteiger partial charge is 0.497 e. The molecule has 0 amide bonds. The van der Waals surface area contributed by atoms with Crippen LogP contribution >= 0.6 is 0 Å². The van der Waals surface area contributed by atoms with Crippen LogP contribution in [0, 0.1) is 0 Å². The fourth-order valence-electron chi connectivity index (χ4n) is 4.52. The first-order valence-electron chi connectivity index (χ1n) is 11.3. The Hall–Kier alpha value is -3.59. The summed E-state index contributed by atoms with van der Waals surface area (Å²) in [6.45, 7) is 0. The number of hydrogen-bond acceptors (Lipinski definition) is 3. The molecule has 0 unspecified atom stereocenters. The number of benzene rings is 3. The summed E-state index contributed by atoms with van der Waals surface area (Å²) in [5, 5.41) is 0. The van der Waals surface area contributed by atoms with Crippen molar-refractivity contribution in [1.82, 2.24) is 4.98 Å². The van der Waals surface area contributed by atoms with E-state index in [1.54, 1.807) is 7.11 Å². The van der Waals surface area contributed by atoms with Gasteiger partial charge in [0.1, 0.15) is 11.4 Å². The zero-order chi connectivity index (χ0) is 21.8. The van der Waals surface area contributed by atoms with Crippen LogP contribution in [0.3, 0.4) is 0 Å². The predicted octanol–water partition coefficient (Wildman–Crippen LogP) is 7.59. The van der Waals surface area contributed by atoms with Crippen LogP contribution < -0.4 is 4.74 Å². The van der Waals surface area contributed by atoms with Gasteiger partial charge >= 0.3 is 0 Å². The van der Waals surface area contributed by atoms with E-state index in [9.17, 15) is 0 Å². The molecule has 5 rings (SSSR count). The van der Waals surface area contributed by atoms with E-state index in [-0.39, 0.29) is 0 Å². The molecule has 0 fully saturated rings. The van der Waals surface area contributed by atoms with E-state index in [2.05, 4.69) is 42.5 Å². The molecule has 0 N–H and O–H groups in total. The third-order valence-electron chi connectivity index (χ3n) is 6.12. The Morgan fingerprint density at radius 3 is 2.22 bits per heavy atom. The van der Waals surface area contributed by atoms with E-state index in [0.717, 1.165) is 53.5 Å². The van der Waals surface area contributed by atoms with Crippen LogP contribution in [-0.2, 0) is 6.42 Å². The average molecular weight is 422 g/mol. The topological polar surface area (TPSA) is 35.3 Å². The van der Waals surface area contributed by atoms with E-state index in [0.29, 0.717) is 0 Å². The van der Waals surface area contributed by atoms with Gasteiger partial charge in [0.2, 0.25) is 0 Å². The molecule has 0 radical (unpaired) electrons. The highest BCUT2D eigenvalue weighted by Crippen LogP contribution is 2.37. The lowest BCUT2D eigenvalue weighted by molar-refractivity contribution is 0.414. The Morgan fingerprint density at radius 2 is 1.47 bits per heavy atom. The second kappa shape index (κ2) is 9.27. The Bertz CT molecular complexity index is 1170. The Kier molecular flexibility index (Phi) is 5.89. The number of oxazole rings is 1. The zero-order valence-corrected chi connectivity index (χ0v) is 18.4. The number of hydrogen-bond donors (Lipinski definition) is 0. The van der Waals surface area contributed by atoms with Gasteiger partial charge in [-0.1, -0.05) is 78.4 Å². The van der Waals surface area contributed by atoms with Gasteiger partial charge in [0.25, 0.3) is 0 Å². The Balaban J connectivity index is 1.56. The van der Waals surface area contributed by atoms with Crippen molar-refractivity contribution in [2.24, 2.45) is 0 Å². The Morgan fingerprint density at radius 1 is 0.781 bits per heavy atom. The van der Waals surface area contributed by atoms with E-state index in [1.807, 2.05) is 42.5 Å². The summed E-state index contributed by atoms with van der Waals surface area (Å²) in [5.41, 5.74) is 7.12. The van der Waals surface area contributed by atoms with Gasteiger partial charge < -0.3 is 9.15 Å². The van der Waals surface area contributed by atoms with Crippen LogP contribution in [0.15, 0.2) is 94.9 Å². The first-order chi connectivity index (χ1) is 15.8. The van der Waals surface area contributed by atoms with Crippen molar-refractivity contribution in [3.05, 3.63) is 102 Å². The predicted molar refractivity (Wildman–Crippen MR) is 129 cm³/mol. The SMILES string of the molecule is COc1cccc(C2=C(Cc3nc(-c4ccccc4)c(-c4ccccc4)o3)CCCC2)c1. The normalized spacial score (nSPS) is 13.9. The molecule has 0 atom stereocenters. The van der Waals surface area contributed by atoms with Crippen molar-refractivity contribution >= 4 is 5.57 Å². The Labute approximate surface area is 189 Å². The first kappa shape index (κ1) is 20.3. The molecule has 160 valence electrons. The van der Waals surface area contributed by atoms with Gasteiger partial charge in [-0.2, -0.15) is 0 Å². The average Bonchev–Trinajstić information content (AvgIpc) is 3.29. The molecule has 3 heteroatoms. The lowest BCUT2D eigenvalue weighted by Crippen LogP contribution is -2.03. The highest BCUT2D eigenvalue weighted by Gasteiger charge is 2.21. The van der Waals surface area contributed by atoms with Crippen molar-refractivity contribution in [3.8, 4) is 28.3 Å². The van der Waals surface area contributed by atoms with Crippen LogP contribution in [0.2, 0.25) is 0 Å². The molecule has 1 aromatic heterocycles. The maximum atomic E-state index is 6.42. The molecule has 4 aromatic rings. The number of nitrogens with zero attached hydrogens (tertiary/aromatic N) is 1. The lowest BCUT2D eigenvalue weighted by atomic mass is 9.86. The van der Waals surface area contributed by atoms with Gasteiger partial charge in [0, 0.05) is 17.5 Å². The van der Waals surface area contributed by atoms with E-state index in [4.69, 9.17) is 14.1 Å². The minimum Gasteiger partial charge on any atom is -0.497 e. The standard InChI is InChI=1S/C29H27NO2/c1-31-25-17-10-16-23(19-25)26-18-9-8-15-24(26)20-27-30-28(21-11-4-2-5-12-21)29(32-27)22-13-6-3-7-14-22/h2-7,10-14,16-17,19H,8-9,15,18,20H2,1H3. The summed E-state index contributed by atoms with van der Waals surface area (Å²) in [6, 6.07) is 29.0. The highest BCUT2D eigenvalue weighted by atomic mass is 16.5. The fraction of sp³-hybridized carbons (Fsp3) is 0.207. The summed E-state index contributed by atoms with van der Waals surface area (Å²) < 4.78 is 11.9. The van der Waals surface area contributed by atoms with Crippen molar-refractivity contribution in [3.63, 3.8) is 0 Å². The van der Waals surface area contributed by atoms with Crippen LogP contribution in [0.25, 0.3) is 28.2 Å². The number of rotatable bonds is 6. The minimum absolute atomic E-state index is 0.735. The summed E-state index contributed by atoms with van der Waals surface area (Å²) in [6.07, 6.45) is 5.32. The first-order valence-corrected chi connectivity index (χ1v) is 11.3. The van der Waals surface area contributed by atoms with Crippen molar-refractivity contribution < 1.29 is 9.15 Å². The zero-order valence-electron chi connectivity index (χ0n) is 18.4.